The molecular formula is C29H39NO7S. The molecule has 4 bridgehead atoms. The zero-order valence-electron chi connectivity index (χ0n) is 22.6. The second kappa shape index (κ2) is 8.53. The highest BCUT2D eigenvalue weighted by atomic mass is 32.2. The number of nitrogens with zero attached hydrogens (tertiary/aromatic N) is 1. The van der Waals surface area contributed by atoms with Crippen molar-refractivity contribution < 1.29 is 32.3 Å². The summed E-state index contributed by atoms with van der Waals surface area (Å²) in [5.74, 6) is 2.04. The number of fused-ring (bicyclic) bond motifs is 2. The number of likely N-dealkylation sites (N-methyl/N-ethyl adjacent to an activating group) is 1. The largest absolute Gasteiger partial charge is 0.490 e. The van der Waals surface area contributed by atoms with E-state index in [4.69, 9.17) is 14.0 Å². The van der Waals surface area contributed by atoms with Crippen LogP contribution in [0.5, 0.6) is 11.5 Å². The first-order valence-corrected chi connectivity index (χ1v) is 15.5. The lowest BCUT2D eigenvalue weighted by Gasteiger charge is -2.56. The van der Waals surface area contributed by atoms with Gasteiger partial charge in [-0.1, -0.05) is 32.1 Å². The number of ketones is 1. The Morgan fingerprint density at radius 3 is 2.58 bits per heavy atom. The molecule has 38 heavy (non-hydrogen) atoms. The van der Waals surface area contributed by atoms with Gasteiger partial charge in [0.1, 0.15) is 18.0 Å². The fourth-order valence-electron chi connectivity index (χ4n) is 8.92. The van der Waals surface area contributed by atoms with E-state index in [-0.39, 0.29) is 28.6 Å². The molecule has 0 amide bonds. The van der Waals surface area contributed by atoms with Gasteiger partial charge in [0.25, 0.3) is 10.1 Å². The molecule has 1 spiro atoms. The average molecular weight is 546 g/mol. The van der Waals surface area contributed by atoms with Crippen LogP contribution >= 0.6 is 0 Å². The monoisotopic (exact) mass is 545 g/mol. The Morgan fingerprint density at radius 2 is 1.95 bits per heavy atom. The van der Waals surface area contributed by atoms with Crippen molar-refractivity contribution in [3.8, 4) is 11.5 Å². The zero-order chi connectivity index (χ0) is 27.3. The number of hydrogen-bond acceptors (Lipinski definition) is 7. The summed E-state index contributed by atoms with van der Waals surface area (Å²) in [5, 5.41) is 10.6. The van der Waals surface area contributed by atoms with Crippen molar-refractivity contribution in [2.45, 2.75) is 76.5 Å². The van der Waals surface area contributed by atoms with Gasteiger partial charge in [0.2, 0.25) is 0 Å². The molecule has 1 aromatic carbocycles. The summed E-state index contributed by atoms with van der Waals surface area (Å²) in [4.78, 5) is 14.4. The second-order valence-corrected chi connectivity index (χ2v) is 14.2. The topological polar surface area (TPSA) is 113 Å². The summed E-state index contributed by atoms with van der Waals surface area (Å²) in [6.45, 7) is 7.57. The Kier molecular flexibility index (Phi) is 5.90. The molecule has 2 aliphatic heterocycles. The number of ether oxygens (including phenoxy) is 2. The first-order valence-electron chi connectivity index (χ1n) is 13.9. The van der Waals surface area contributed by atoms with Crippen LogP contribution in [0.15, 0.2) is 24.3 Å². The van der Waals surface area contributed by atoms with Crippen molar-refractivity contribution in [2.24, 2.45) is 22.7 Å². The van der Waals surface area contributed by atoms with Crippen LogP contribution in [0.25, 0.3) is 0 Å². The molecule has 0 radical (unpaired) electrons. The molecular weight excluding hydrogens is 506 g/mol. The summed E-state index contributed by atoms with van der Waals surface area (Å²) in [6, 6.07) is 4.75. The van der Waals surface area contributed by atoms with Crippen LogP contribution in [0.1, 0.15) is 57.6 Å². The van der Waals surface area contributed by atoms with Crippen LogP contribution in [0.4, 0.5) is 0 Å². The average Bonchev–Trinajstić information content (AvgIpc) is 3.37. The second-order valence-electron chi connectivity index (χ2n) is 12.7. The highest BCUT2D eigenvalue weighted by Crippen LogP contribution is 2.64. The van der Waals surface area contributed by atoms with Crippen LogP contribution in [0, 0.1) is 22.7 Å². The maximum atomic E-state index is 11.9. The standard InChI is InChI=1S/C19H23NO3.C10H16O4S/c1-3-22-15-7-4-11-10-13-12-5-6-14(21)18-19(12,8-9-20(13)2)16(11)17(15)23-18;1-9(2)7-3-4-10(9,8(11)5-7)6-15(12,13)14/h4-7,12-14,18,21H,3,8-10H2,1-2H3;7H,3-6H2,1-2H3,(H,12,13,14)/t12-,13+,14-,18-,19-;7-,10-/m01/s1. The lowest BCUT2D eigenvalue weighted by molar-refractivity contribution is -0.128. The number of rotatable bonds is 4. The number of piperidine rings is 1. The molecule has 3 fully saturated rings. The first-order chi connectivity index (χ1) is 17.9. The quantitative estimate of drug-likeness (QED) is 0.438. The van der Waals surface area contributed by atoms with Crippen LogP contribution in [0.3, 0.4) is 0 Å². The minimum atomic E-state index is -4.08. The van der Waals surface area contributed by atoms with Crippen molar-refractivity contribution in [1.29, 1.82) is 0 Å². The number of hydrogen-bond donors (Lipinski definition) is 2. The van der Waals surface area contributed by atoms with E-state index in [0.717, 1.165) is 37.3 Å². The van der Waals surface area contributed by atoms with Gasteiger partial charge in [-0.3, -0.25) is 9.35 Å². The van der Waals surface area contributed by atoms with Gasteiger partial charge >= 0.3 is 0 Å². The smallest absolute Gasteiger partial charge is 0.265 e. The van der Waals surface area contributed by atoms with Crippen LogP contribution < -0.4 is 9.47 Å². The van der Waals surface area contributed by atoms with Gasteiger partial charge in [0, 0.05) is 29.4 Å². The van der Waals surface area contributed by atoms with E-state index in [1.165, 1.54) is 11.1 Å². The van der Waals surface area contributed by atoms with Crippen molar-refractivity contribution in [3.63, 3.8) is 0 Å². The highest BCUT2D eigenvalue weighted by molar-refractivity contribution is 7.85. The normalized spacial score (nSPS) is 39.3. The molecule has 2 saturated carbocycles. The summed E-state index contributed by atoms with van der Waals surface area (Å²) in [7, 11) is -1.85. The minimum Gasteiger partial charge on any atom is -0.490 e. The summed E-state index contributed by atoms with van der Waals surface area (Å²) >= 11 is 0. The Hall–Kier alpha value is -1.94. The number of carbonyl (C=O) groups excluding carboxylic acids is 1. The molecule has 8 nitrogen and oxygen atoms in total. The van der Waals surface area contributed by atoms with Crippen molar-refractivity contribution in [2.75, 3.05) is 26.0 Å². The Bertz CT molecular complexity index is 1310. The van der Waals surface area contributed by atoms with E-state index < -0.39 is 27.4 Å². The molecule has 9 heteroatoms. The van der Waals surface area contributed by atoms with E-state index in [1.807, 2.05) is 32.9 Å². The van der Waals surface area contributed by atoms with E-state index in [9.17, 15) is 18.3 Å². The fraction of sp³-hybridized carbons (Fsp3) is 0.690. The molecule has 0 aromatic heterocycles. The molecule has 2 N–H and O–H groups in total. The van der Waals surface area contributed by atoms with Gasteiger partial charge in [-0.15, -0.1) is 0 Å². The minimum absolute atomic E-state index is 0.0152. The van der Waals surface area contributed by atoms with Gasteiger partial charge in [0.05, 0.1) is 17.8 Å². The number of aliphatic hydroxyl groups excluding tert-OH is 1. The van der Waals surface area contributed by atoms with Gasteiger partial charge < -0.3 is 19.5 Å². The highest BCUT2D eigenvalue weighted by Gasteiger charge is 2.66. The fourth-order valence-corrected chi connectivity index (χ4v) is 10.2. The van der Waals surface area contributed by atoms with Gasteiger partial charge in [0.15, 0.2) is 11.5 Å². The maximum absolute atomic E-state index is 11.9. The van der Waals surface area contributed by atoms with Gasteiger partial charge in [-0.25, -0.2) is 0 Å². The predicted octanol–water partition coefficient (Wildman–Crippen LogP) is 3.16. The van der Waals surface area contributed by atoms with Crippen molar-refractivity contribution in [1.82, 2.24) is 4.90 Å². The van der Waals surface area contributed by atoms with Gasteiger partial charge in [-0.05, 0) is 69.2 Å². The van der Waals surface area contributed by atoms with E-state index in [2.05, 4.69) is 24.1 Å². The van der Waals surface area contributed by atoms with Gasteiger partial charge in [-0.2, -0.15) is 8.42 Å². The molecule has 1 saturated heterocycles. The van der Waals surface area contributed by atoms with Crippen LogP contribution in [-0.4, -0.2) is 73.0 Å². The Balaban J connectivity index is 0.000000153. The molecule has 208 valence electrons. The van der Waals surface area contributed by atoms with E-state index in [1.54, 1.807) is 0 Å². The van der Waals surface area contributed by atoms with Crippen molar-refractivity contribution in [3.05, 3.63) is 35.4 Å². The number of carbonyl (C=O) groups is 1. The third-order valence-electron chi connectivity index (χ3n) is 11.0. The number of Topliss-reactive ketones (excluding diaryl/α,β-unsaturated/α-hetero) is 1. The lowest BCUT2D eigenvalue weighted by Crippen LogP contribution is -2.64. The molecule has 4 aliphatic carbocycles. The first kappa shape index (κ1) is 26.3. The van der Waals surface area contributed by atoms with Crippen molar-refractivity contribution >= 4 is 15.9 Å². The molecule has 1 aromatic rings. The van der Waals surface area contributed by atoms with E-state index in [0.29, 0.717) is 31.4 Å². The molecule has 7 atom stereocenters. The number of likely N-dealkylation sites (tertiary alicyclic amines) is 1. The van der Waals surface area contributed by atoms with Crippen LogP contribution in [0.2, 0.25) is 0 Å². The molecule has 7 rings (SSSR count). The number of benzene rings is 1. The predicted molar refractivity (Wildman–Crippen MR) is 142 cm³/mol. The number of aliphatic hydroxyl groups is 1. The molecule has 6 aliphatic rings. The SMILES string of the molecule is CC1(C)[C@@H]2CC[C@@]1(CS(=O)(=O)O)C(=O)C2.CCOc1ccc2c3c1O[C@H]1[C@@H](O)C=C[C@H]4[C@@H](C2)N(C)CC[C@@]341. The molecule has 0 unspecified atom stereocenters. The third-order valence-corrected chi connectivity index (χ3v) is 11.9. The molecule has 2 heterocycles. The lowest BCUT2D eigenvalue weighted by atomic mass is 9.53. The van der Waals surface area contributed by atoms with Crippen LogP contribution in [-0.2, 0) is 26.7 Å². The maximum Gasteiger partial charge on any atom is 0.265 e. The summed E-state index contributed by atoms with van der Waals surface area (Å²) < 4.78 is 43.2. The Morgan fingerprint density at radius 1 is 1.18 bits per heavy atom. The summed E-state index contributed by atoms with van der Waals surface area (Å²) in [5.41, 5.74) is 1.50. The third kappa shape index (κ3) is 3.44. The Labute approximate surface area is 225 Å². The van der Waals surface area contributed by atoms with E-state index >= 15 is 0 Å². The summed E-state index contributed by atoms with van der Waals surface area (Å²) in [6.07, 6.45) is 7.53. The zero-order valence-corrected chi connectivity index (χ0v) is 23.5.